The van der Waals surface area contributed by atoms with Crippen LogP contribution in [-0.4, -0.2) is 10.7 Å². The monoisotopic (exact) mass is 216 g/mol. The molecule has 1 aliphatic rings. The highest BCUT2D eigenvalue weighted by Crippen LogP contribution is 2.40. The lowest BCUT2D eigenvalue weighted by Crippen LogP contribution is -2.33. The molecule has 0 radical (unpaired) electrons. The van der Waals surface area contributed by atoms with E-state index in [0.717, 1.165) is 25.7 Å². The first-order chi connectivity index (χ1) is 7.73. The van der Waals surface area contributed by atoms with E-state index in [1.165, 1.54) is 12.0 Å². The molecule has 0 amide bonds. The minimum absolute atomic E-state index is 0.513. The van der Waals surface area contributed by atoms with E-state index >= 15 is 0 Å². The van der Waals surface area contributed by atoms with E-state index in [2.05, 4.69) is 30.8 Å². The van der Waals surface area contributed by atoms with Gasteiger partial charge in [-0.15, -0.1) is 6.58 Å². The quantitative estimate of drug-likeness (QED) is 0.765. The summed E-state index contributed by atoms with van der Waals surface area (Å²) in [4.78, 5) is 0. The first kappa shape index (κ1) is 11.4. The SMILES string of the molecule is C=CC[C@]1(O)CCC[C@H](c2ccccc2)C1. The molecule has 1 N–H and O–H groups in total. The molecule has 0 bridgehead atoms. The molecule has 16 heavy (non-hydrogen) atoms. The van der Waals surface area contributed by atoms with Crippen LogP contribution in [0.15, 0.2) is 43.0 Å². The molecule has 1 aliphatic carbocycles. The summed E-state index contributed by atoms with van der Waals surface area (Å²) in [6.07, 6.45) is 6.67. The molecular weight excluding hydrogens is 196 g/mol. The average molecular weight is 216 g/mol. The van der Waals surface area contributed by atoms with Gasteiger partial charge in [0.1, 0.15) is 0 Å². The predicted molar refractivity (Wildman–Crippen MR) is 67.4 cm³/mol. The number of hydrogen-bond donors (Lipinski definition) is 1. The Kier molecular flexibility index (Phi) is 3.45. The molecule has 1 heteroatoms. The Morgan fingerprint density at radius 1 is 1.38 bits per heavy atom. The van der Waals surface area contributed by atoms with Gasteiger partial charge < -0.3 is 5.11 Å². The Morgan fingerprint density at radius 3 is 2.81 bits per heavy atom. The molecule has 0 heterocycles. The normalized spacial score (nSPS) is 29.9. The average Bonchev–Trinajstić information content (AvgIpc) is 2.30. The number of aliphatic hydroxyl groups is 1. The van der Waals surface area contributed by atoms with Crippen molar-refractivity contribution < 1.29 is 5.11 Å². The first-order valence-electron chi connectivity index (χ1n) is 6.12. The van der Waals surface area contributed by atoms with Crippen LogP contribution in [0.25, 0.3) is 0 Å². The van der Waals surface area contributed by atoms with Crippen molar-refractivity contribution >= 4 is 0 Å². The molecule has 0 aromatic heterocycles. The molecule has 0 saturated heterocycles. The minimum Gasteiger partial charge on any atom is -0.390 e. The summed E-state index contributed by atoms with van der Waals surface area (Å²) in [5, 5.41) is 10.4. The maximum atomic E-state index is 10.4. The van der Waals surface area contributed by atoms with Crippen LogP contribution in [0.1, 0.15) is 43.6 Å². The molecule has 2 atom stereocenters. The highest BCUT2D eigenvalue weighted by atomic mass is 16.3. The highest BCUT2D eigenvalue weighted by Gasteiger charge is 2.33. The van der Waals surface area contributed by atoms with Gasteiger partial charge in [0.15, 0.2) is 0 Å². The lowest BCUT2D eigenvalue weighted by Gasteiger charge is -2.36. The molecule has 1 fully saturated rings. The third kappa shape index (κ3) is 2.53. The Hall–Kier alpha value is -1.08. The van der Waals surface area contributed by atoms with E-state index in [9.17, 15) is 5.11 Å². The number of rotatable bonds is 3. The van der Waals surface area contributed by atoms with Gasteiger partial charge in [-0.1, -0.05) is 36.4 Å². The van der Waals surface area contributed by atoms with Gasteiger partial charge in [0, 0.05) is 0 Å². The van der Waals surface area contributed by atoms with E-state index in [-0.39, 0.29) is 0 Å². The number of hydrogen-bond acceptors (Lipinski definition) is 1. The van der Waals surface area contributed by atoms with Crippen molar-refractivity contribution in [3.05, 3.63) is 48.6 Å². The van der Waals surface area contributed by atoms with Gasteiger partial charge in [0.05, 0.1) is 5.60 Å². The molecule has 0 unspecified atom stereocenters. The molecular formula is C15H20O. The van der Waals surface area contributed by atoms with Crippen molar-refractivity contribution in [2.24, 2.45) is 0 Å². The van der Waals surface area contributed by atoms with Crippen LogP contribution in [0.2, 0.25) is 0 Å². The van der Waals surface area contributed by atoms with E-state index in [1.54, 1.807) is 0 Å². The van der Waals surface area contributed by atoms with Crippen molar-refractivity contribution in [2.75, 3.05) is 0 Å². The van der Waals surface area contributed by atoms with Gasteiger partial charge >= 0.3 is 0 Å². The Bertz CT molecular complexity index is 344. The summed E-state index contributed by atoms with van der Waals surface area (Å²) in [6, 6.07) is 10.5. The van der Waals surface area contributed by atoms with E-state index in [0.29, 0.717) is 5.92 Å². The lowest BCUT2D eigenvalue weighted by atomic mass is 9.74. The van der Waals surface area contributed by atoms with Gasteiger partial charge in [0.25, 0.3) is 0 Å². The van der Waals surface area contributed by atoms with Crippen LogP contribution in [0.3, 0.4) is 0 Å². The Morgan fingerprint density at radius 2 is 2.12 bits per heavy atom. The summed E-state index contributed by atoms with van der Waals surface area (Å²) in [6.45, 7) is 3.74. The molecule has 1 aromatic carbocycles. The Balaban J connectivity index is 2.10. The van der Waals surface area contributed by atoms with Crippen LogP contribution in [0.4, 0.5) is 0 Å². The summed E-state index contributed by atoms with van der Waals surface area (Å²) >= 11 is 0. The van der Waals surface area contributed by atoms with Crippen LogP contribution < -0.4 is 0 Å². The zero-order valence-corrected chi connectivity index (χ0v) is 9.73. The van der Waals surface area contributed by atoms with Crippen molar-refractivity contribution in [1.29, 1.82) is 0 Å². The first-order valence-corrected chi connectivity index (χ1v) is 6.12. The summed E-state index contributed by atoms with van der Waals surface area (Å²) in [7, 11) is 0. The van der Waals surface area contributed by atoms with Crippen LogP contribution in [0, 0.1) is 0 Å². The van der Waals surface area contributed by atoms with Gasteiger partial charge in [-0.05, 0) is 43.6 Å². The zero-order chi connectivity index (χ0) is 11.4. The molecule has 1 aromatic rings. The fraction of sp³-hybridized carbons (Fsp3) is 0.467. The van der Waals surface area contributed by atoms with Gasteiger partial charge in [-0.25, -0.2) is 0 Å². The van der Waals surface area contributed by atoms with E-state index < -0.39 is 5.60 Å². The molecule has 0 spiro atoms. The van der Waals surface area contributed by atoms with Crippen molar-refractivity contribution in [2.45, 2.75) is 43.6 Å². The molecule has 1 nitrogen and oxygen atoms in total. The third-order valence-electron chi connectivity index (χ3n) is 3.62. The minimum atomic E-state index is -0.513. The second kappa shape index (κ2) is 4.84. The predicted octanol–water partition coefficient (Wildman–Crippen LogP) is 3.65. The fourth-order valence-corrected chi connectivity index (χ4v) is 2.80. The summed E-state index contributed by atoms with van der Waals surface area (Å²) < 4.78 is 0. The lowest BCUT2D eigenvalue weighted by molar-refractivity contribution is -0.000613. The topological polar surface area (TPSA) is 20.2 Å². The van der Waals surface area contributed by atoms with E-state index in [4.69, 9.17) is 0 Å². The zero-order valence-electron chi connectivity index (χ0n) is 9.73. The molecule has 1 saturated carbocycles. The third-order valence-corrected chi connectivity index (χ3v) is 3.62. The van der Waals surface area contributed by atoms with Crippen LogP contribution in [-0.2, 0) is 0 Å². The number of benzene rings is 1. The van der Waals surface area contributed by atoms with Gasteiger partial charge in [0.2, 0.25) is 0 Å². The van der Waals surface area contributed by atoms with Gasteiger partial charge in [-0.2, -0.15) is 0 Å². The van der Waals surface area contributed by atoms with Crippen molar-refractivity contribution in [1.82, 2.24) is 0 Å². The van der Waals surface area contributed by atoms with Crippen LogP contribution in [0.5, 0.6) is 0 Å². The van der Waals surface area contributed by atoms with Crippen LogP contribution >= 0.6 is 0 Å². The van der Waals surface area contributed by atoms with Crippen molar-refractivity contribution in [3.63, 3.8) is 0 Å². The molecule has 0 aliphatic heterocycles. The molecule has 86 valence electrons. The summed E-state index contributed by atoms with van der Waals surface area (Å²) in [5.41, 5.74) is 0.852. The second-order valence-electron chi connectivity index (χ2n) is 4.92. The van der Waals surface area contributed by atoms with Crippen molar-refractivity contribution in [3.8, 4) is 0 Å². The second-order valence-corrected chi connectivity index (χ2v) is 4.92. The van der Waals surface area contributed by atoms with Gasteiger partial charge in [-0.3, -0.25) is 0 Å². The standard InChI is InChI=1S/C15H20O/c1-2-10-15(16)11-6-9-14(12-15)13-7-4-3-5-8-13/h2-5,7-8,14,16H,1,6,9-12H2/t14-,15-/m0/s1. The fourth-order valence-electron chi connectivity index (χ4n) is 2.80. The smallest absolute Gasteiger partial charge is 0.0687 e. The largest absolute Gasteiger partial charge is 0.390 e. The van der Waals surface area contributed by atoms with E-state index in [1.807, 2.05) is 12.1 Å². The maximum absolute atomic E-state index is 10.4. The molecule has 2 rings (SSSR count). The maximum Gasteiger partial charge on any atom is 0.0687 e. The Labute approximate surface area is 97.8 Å². The highest BCUT2D eigenvalue weighted by molar-refractivity contribution is 5.21. The summed E-state index contributed by atoms with van der Waals surface area (Å²) in [5.74, 6) is 0.514.